The number of likely N-dealkylation sites (tertiary alicyclic amines) is 1. The van der Waals surface area contributed by atoms with Crippen molar-refractivity contribution < 1.29 is 14.7 Å². The number of nitrogens with one attached hydrogen (secondary N) is 1. The Morgan fingerprint density at radius 2 is 2.00 bits per heavy atom. The maximum atomic E-state index is 12.6. The van der Waals surface area contributed by atoms with Gasteiger partial charge in [0.25, 0.3) is 0 Å². The maximum Gasteiger partial charge on any atom is 0.320 e. The monoisotopic (exact) mass is 283 g/mol. The average Bonchev–Trinajstić information content (AvgIpc) is 2.49. The molecule has 0 bridgehead atoms. The third-order valence-electron chi connectivity index (χ3n) is 4.38. The zero-order valence-corrected chi connectivity index (χ0v) is 12.2. The van der Waals surface area contributed by atoms with E-state index in [4.69, 9.17) is 5.11 Å². The zero-order chi connectivity index (χ0) is 14.5. The number of urea groups is 1. The Morgan fingerprint density at radius 3 is 2.60 bits per heavy atom. The minimum Gasteiger partial charge on any atom is -0.481 e. The Hall–Kier alpha value is -1.30. The number of hydrogen-bond donors (Lipinski definition) is 2. The number of carboxylic acids is 1. The van der Waals surface area contributed by atoms with Gasteiger partial charge in [-0.05, 0) is 45.7 Å². The number of rotatable bonds is 3. The van der Waals surface area contributed by atoms with Crippen LogP contribution in [-0.4, -0.2) is 65.7 Å². The number of piperidine rings is 2. The van der Waals surface area contributed by atoms with Crippen LogP contribution in [0.1, 0.15) is 32.6 Å². The fraction of sp³-hybridized carbons (Fsp3) is 0.857. The number of amides is 2. The second-order valence-corrected chi connectivity index (χ2v) is 5.67. The Morgan fingerprint density at radius 1 is 1.30 bits per heavy atom. The topological polar surface area (TPSA) is 72.9 Å². The van der Waals surface area contributed by atoms with Gasteiger partial charge in [0.2, 0.25) is 0 Å². The summed E-state index contributed by atoms with van der Waals surface area (Å²) in [6, 6.07) is 0.310. The zero-order valence-electron chi connectivity index (χ0n) is 12.2. The third-order valence-corrected chi connectivity index (χ3v) is 4.38. The predicted molar refractivity (Wildman–Crippen MR) is 75.6 cm³/mol. The molecule has 6 nitrogen and oxygen atoms in total. The molecule has 2 N–H and O–H groups in total. The molecule has 2 saturated heterocycles. The van der Waals surface area contributed by atoms with Crippen LogP contribution in [0.2, 0.25) is 0 Å². The van der Waals surface area contributed by atoms with Crippen molar-refractivity contribution in [2.45, 2.75) is 38.6 Å². The van der Waals surface area contributed by atoms with E-state index in [9.17, 15) is 9.59 Å². The van der Waals surface area contributed by atoms with Gasteiger partial charge in [-0.2, -0.15) is 0 Å². The van der Waals surface area contributed by atoms with Gasteiger partial charge < -0.3 is 20.2 Å². The number of nitrogens with zero attached hydrogens (tertiary/aromatic N) is 2. The van der Waals surface area contributed by atoms with Crippen LogP contribution in [0, 0.1) is 5.92 Å². The second kappa shape index (κ2) is 6.92. The summed E-state index contributed by atoms with van der Waals surface area (Å²) in [5.41, 5.74) is 0. The highest BCUT2D eigenvalue weighted by Crippen LogP contribution is 2.20. The Kier molecular flexibility index (Phi) is 5.23. The number of aliphatic carboxylic acids is 1. The molecule has 2 rings (SSSR count). The lowest BCUT2D eigenvalue weighted by atomic mass is 9.98. The van der Waals surface area contributed by atoms with E-state index >= 15 is 0 Å². The van der Waals surface area contributed by atoms with E-state index in [2.05, 4.69) is 5.32 Å². The van der Waals surface area contributed by atoms with Crippen LogP contribution in [0.15, 0.2) is 0 Å². The normalized spacial score (nSPS) is 24.4. The summed E-state index contributed by atoms with van der Waals surface area (Å²) in [6.45, 7) is 5.63. The van der Waals surface area contributed by atoms with Gasteiger partial charge in [0.1, 0.15) is 0 Å². The van der Waals surface area contributed by atoms with Gasteiger partial charge in [0.05, 0.1) is 5.92 Å². The largest absolute Gasteiger partial charge is 0.481 e. The second-order valence-electron chi connectivity index (χ2n) is 5.67. The van der Waals surface area contributed by atoms with E-state index in [1.165, 1.54) is 0 Å². The standard InChI is InChI=1S/C14H25N3O3/c1-2-17(12-5-7-15-8-6-12)14(20)16-9-3-4-11(10-16)13(18)19/h11-12,15H,2-10H2,1H3,(H,18,19)/t11-/m1/s1. The fourth-order valence-corrected chi connectivity index (χ4v) is 3.20. The molecule has 0 radical (unpaired) electrons. The Labute approximate surface area is 120 Å². The molecule has 0 unspecified atom stereocenters. The highest BCUT2D eigenvalue weighted by molar-refractivity contribution is 5.77. The van der Waals surface area contributed by atoms with Crippen molar-refractivity contribution in [2.75, 3.05) is 32.7 Å². The smallest absolute Gasteiger partial charge is 0.320 e. The van der Waals surface area contributed by atoms with Crippen molar-refractivity contribution in [1.29, 1.82) is 0 Å². The number of carbonyl (C=O) groups excluding carboxylic acids is 1. The van der Waals surface area contributed by atoms with Gasteiger partial charge in [-0.15, -0.1) is 0 Å². The molecule has 0 aromatic heterocycles. The van der Waals surface area contributed by atoms with Crippen LogP contribution in [0.25, 0.3) is 0 Å². The maximum absolute atomic E-state index is 12.6. The van der Waals surface area contributed by atoms with Crippen molar-refractivity contribution in [3.8, 4) is 0 Å². The van der Waals surface area contributed by atoms with Crippen LogP contribution >= 0.6 is 0 Å². The molecule has 0 saturated carbocycles. The molecule has 20 heavy (non-hydrogen) atoms. The molecule has 6 heteroatoms. The van der Waals surface area contributed by atoms with Gasteiger partial charge >= 0.3 is 12.0 Å². The van der Waals surface area contributed by atoms with Crippen LogP contribution in [0.5, 0.6) is 0 Å². The summed E-state index contributed by atoms with van der Waals surface area (Å²) in [4.78, 5) is 27.4. The first-order chi connectivity index (χ1) is 9.63. The SMILES string of the molecule is CCN(C(=O)N1CCC[C@@H](C(=O)O)C1)C1CCNCC1. The highest BCUT2D eigenvalue weighted by atomic mass is 16.4. The molecular weight excluding hydrogens is 258 g/mol. The number of carboxylic acid groups (broad SMARTS) is 1. The van der Waals surface area contributed by atoms with Gasteiger partial charge in [-0.3, -0.25) is 4.79 Å². The third kappa shape index (κ3) is 3.42. The lowest BCUT2D eigenvalue weighted by Gasteiger charge is -2.39. The highest BCUT2D eigenvalue weighted by Gasteiger charge is 2.32. The summed E-state index contributed by atoms with van der Waals surface area (Å²) >= 11 is 0. The number of carbonyl (C=O) groups is 2. The first-order valence-electron chi connectivity index (χ1n) is 7.62. The van der Waals surface area contributed by atoms with Crippen molar-refractivity contribution >= 4 is 12.0 Å². The Bertz CT molecular complexity index is 356. The summed E-state index contributed by atoms with van der Waals surface area (Å²) in [5.74, 6) is -1.19. The van der Waals surface area contributed by atoms with Gasteiger partial charge in [-0.25, -0.2) is 4.79 Å². The minimum absolute atomic E-state index is 0.0188. The van der Waals surface area contributed by atoms with Crippen molar-refractivity contribution in [3.05, 3.63) is 0 Å². The van der Waals surface area contributed by atoms with Crippen LogP contribution in [0.3, 0.4) is 0 Å². The van der Waals surface area contributed by atoms with Crippen LogP contribution in [-0.2, 0) is 4.79 Å². The molecule has 2 amide bonds. The lowest BCUT2D eigenvalue weighted by molar-refractivity contribution is -0.143. The van der Waals surface area contributed by atoms with Crippen LogP contribution in [0.4, 0.5) is 4.79 Å². The van der Waals surface area contributed by atoms with Crippen molar-refractivity contribution in [3.63, 3.8) is 0 Å². The van der Waals surface area contributed by atoms with Gasteiger partial charge in [0, 0.05) is 25.7 Å². The average molecular weight is 283 g/mol. The molecule has 2 aliphatic rings. The minimum atomic E-state index is -0.785. The molecule has 0 aromatic carbocycles. The quantitative estimate of drug-likeness (QED) is 0.810. The molecule has 1 atom stereocenters. The molecule has 0 spiro atoms. The lowest BCUT2D eigenvalue weighted by Crippen LogP contribution is -2.53. The molecule has 0 aromatic rings. The van der Waals surface area contributed by atoms with Gasteiger partial charge in [-0.1, -0.05) is 0 Å². The predicted octanol–water partition coefficient (Wildman–Crippen LogP) is 0.977. The van der Waals surface area contributed by atoms with Crippen molar-refractivity contribution in [1.82, 2.24) is 15.1 Å². The first-order valence-corrected chi connectivity index (χ1v) is 7.62. The van der Waals surface area contributed by atoms with E-state index in [-0.39, 0.29) is 6.03 Å². The molecular formula is C14H25N3O3. The molecule has 114 valence electrons. The van der Waals surface area contributed by atoms with Crippen LogP contribution < -0.4 is 5.32 Å². The molecule has 2 aliphatic heterocycles. The van der Waals surface area contributed by atoms with E-state index in [1.807, 2.05) is 11.8 Å². The molecule has 2 heterocycles. The summed E-state index contributed by atoms with van der Waals surface area (Å²) in [6.07, 6.45) is 3.43. The van der Waals surface area contributed by atoms with E-state index < -0.39 is 11.9 Å². The summed E-state index contributed by atoms with van der Waals surface area (Å²) in [7, 11) is 0. The van der Waals surface area contributed by atoms with Gasteiger partial charge in [0.15, 0.2) is 0 Å². The summed E-state index contributed by atoms with van der Waals surface area (Å²) in [5, 5.41) is 12.4. The fourth-order valence-electron chi connectivity index (χ4n) is 3.20. The molecule has 2 fully saturated rings. The first kappa shape index (κ1) is 15.1. The van der Waals surface area contributed by atoms with E-state index in [0.717, 1.165) is 32.4 Å². The summed E-state index contributed by atoms with van der Waals surface area (Å²) < 4.78 is 0. The van der Waals surface area contributed by atoms with Crippen molar-refractivity contribution in [2.24, 2.45) is 5.92 Å². The molecule has 0 aliphatic carbocycles. The van der Waals surface area contributed by atoms with E-state index in [0.29, 0.717) is 32.1 Å². The number of hydrogen-bond acceptors (Lipinski definition) is 3. The van der Waals surface area contributed by atoms with E-state index in [1.54, 1.807) is 4.90 Å². The Balaban J connectivity index is 1.98.